The number of piperidine rings is 1. The van der Waals surface area contributed by atoms with Crippen molar-refractivity contribution in [3.63, 3.8) is 0 Å². The van der Waals surface area contributed by atoms with Gasteiger partial charge in [-0.25, -0.2) is 9.97 Å². The highest BCUT2D eigenvalue weighted by Crippen LogP contribution is 2.44. The third-order valence-corrected chi connectivity index (χ3v) is 6.73. The molecule has 0 radical (unpaired) electrons. The molecule has 1 unspecified atom stereocenters. The number of nitrogens with zero attached hydrogens (tertiary/aromatic N) is 6. The maximum Gasteiger partial charge on any atom is 0.244 e. The average Bonchev–Trinajstić information content (AvgIpc) is 3.18. The van der Waals surface area contributed by atoms with E-state index < -0.39 is 0 Å². The van der Waals surface area contributed by atoms with Crippen LogP contribution in [0.15, 0.2) is 6.20 Å². The van der Waals surface area contributed by atoms with Crippen molar-refractivity contribution in [3.8, 4) is 0 Å². The number of fused-ring (bicyclic) bond motifs is 2. The Morgan fingerprint density at radius 3 is 2.76 bits per heavy atom. The van der Waals surface area contributed by atoms with E-state index in [9.17, 15) is 4.79 Å². The molecule has 0 saturated carbocycles. The first kappa shape index (κ1) is 19.9. The summed E-state index contributed by atoms with van der Waals surface area (Å²) in [5.41, 5.74) is 5.78. The van der Waals surface area contributed by atoms with Crippen molar-refractivity contribution >= 4 is 11.9 Å². The molecule has 2 aliphatic rings. The molecule has 7 nitrogen and oxygen atoms in total. The standard InChI is InChI=1S/C22H32N6O/c1-6-18-15(2)25-28(16(18)3)13-19(29)27-11-7-9-22(14-27)10-8-17-12-23-21(26(4)5)24-20(17)22/h12H,6-11,13-14H2,1-5H3. The fraction of sp³-hybridized carbons (Fsp3) is 0.636. The van der Waals surface area contributed by atoms with Crippen LogP contribution >= 0.6 is 0 Å². The third-order valence-electron chi connectivity index (χ3n) is 6.73. The molecular weight excluding hydrogens is 364 g/mol. The lowest BCUT2D eigenvalue weighted by Gasteiger charge is -2.40. The van der Waals surface area contributed by atoms with Crippen LogP contribution in [0.2, 0.25) is 0 Å². The van der Waals surface area contributed by atoms with Crippen LogP contribution in [0.4, 0.5) is 5.95 Å². The summed E-state index contributed by atoms with van der Waals surface area (Å²) in [6.45, 7) is 8.13. The van der Waals surface area contributed by atoms with Gasteiger partial charge in [0.2, 0.25) is 11.9 Å². The molecule has 0 bridgehead atoms. The Hall–Kier alpha value is -2.44. The molecule has 1 aliphatic carbocycles. The van der Waals surface area contributed by atoms with Crippen molar-refractivity contribution in [1.82, 2.24) is 24.6 Å². The highest BCUT2D eigenvalue weighted by Gasteiger charge is 2.44. The van der Waals surface area contributed by atoms with Gasteiger partial charge in [0.1, 0.15) is 6.54 Å². The Balaban J connectivity index is 1.56. The minimum atomic E-state index is -0.0272. The molecule has 1 atom stereocenters. The van der Waals surface area contributed by atoms with E-state index in [1.54, 1.807) is 0 Å². The first-order valence-corrected chi connectivity index (χ1v) is 10.7. The summed E-state index contributed by atoms with van der Waals surface area (Å²) >= 11 is 0. The molecule has 0 N–H and O–H groups in total. The number of aromatic nitrogens is 4. The predicted molar refractivity (Wildman–Crippen MR) is 113 cm³/mol. The molecule has 7 heteroatoms. The molecule has 1 amide bonds. The van der Waals surface area contributed by atoms with Crippen LogP contribution in [-0.4, -0.2) is 57.7 Å². The van der Waals surface area contributed by atoms with Crippen LogP contribution in [-0.2, 0) is 29.6 Å². The zero-order valence-electron chi connectivity index (χ0n) is 18.3. The minimum absolute atomic E-state index is 0.0272. The van der Waals surface area contributed by atoms with Crippen molar-refractivity contribution in [1.29, 1.82) is 0 Å². The van der Waals surface area contributed by atoms with E-state index in [1.165, 1.54) is 11.1 Å². The van der Waals surface area contributed by atoms with Gasteiger partial charge in [-0.2, -0.15) is 5.10 Å². The molecule has 2 aromatic rings. The smallest absolute Gasteiger partial charge is 0.244 e. The Bertz CT molecular complexity index is 930. The first-order chi connectivity index (χ1) is 13.8. The summed E-state index contributed by atoms with van der Waals surface area (Å²) in [6, 6.07) is 0. The summed E-state index contributed by atoms with van der Waals surface area (Å²) in [5, 5.41) is 4.61. The number of likely N-dealkylation sites (tertiary alicyclic amines) is 1. The van der Waals surface area contributed by atoms with Crippen molar-refractivity contribution in [2.24, 2.45) is 0 Å². The van der Waals surface area contributed by atoms with Crippen LogP contribution < -0.4 is 4.90 Å². The topological polar surface area (TPSA) is 67.2 Å². The summed E-state index contributed by atoms with van der Waals surface area (Å²) in [7, 11) is 3.94. The van der Waals surface area contributed by atoms with E-state index in [1.807, 2.05) is 41.7 Å². The van der Waals surface area contributed by atoms with E-state index in [-0.39, 0.29) is 11.3 Å². The van der Waals surface area contributed by atoms with Gasteiger partial charge in [-0.05, 0) is 57.1 Å². The molecule has 1 fully saturated rings. The lowest BCUT2D eigenvalue weighted by molar-refractivity contribution is -0.134. The number of anilines is 1. The van der Waals surface area contributed by atoms with Gasteiger partial charge in [0, 0.05) is 44.5 Å². The molecule has 3 heterocycles. The van der Waals surface area contributed by atoms with Crippen LogP contribution in [0.3, 0.4) is 0 Å². The van der Waals surface area contributed by atoms with Gasteiger partial charge in [0.25, 0.3) is 0 Å². The van der Waals surface area contributed by atoms with Crippen molar-refractivity contribution in [3.05, 3.63) is 34.4 Å². The molecule has 4 rings (SSSR count). The molecule has 2 aromatic heterocycles. The zero-order chi connectivity index (χ0) is 20.8. The quantitative estimate of drug-likeness (QED) is 0.794. The Morgan fingerprint density at radius 1 is 1.28 bits per heavy atom. The molecule has 29 heavy (non-hydrogen) atoms. The lowest BCUT2D eigenvalue weighted by Crippen LogP contribution is -2.49. The molecule has 1 saturated heterocycles. The minimum Gasteiger partial charge on any atom is -0.347 e. The number of carbonyl (C=O) groups excluding carboxylic acids is 1. The van der Waals surface area contributed by atoms with Gasteiger partial charge < -0.3 is 9.80 Å². The van der Waals surface area contributed by atoms with Gasteiger partial charge in [-0.15, -0.1) is 0 Å². The zero-order valence-corrected chi connectivity index (χ0v) is 18.3. The second-order valence-corrected chi connectivity index (χ2v) is 8.80. The molecular formula is C22H32N6O. The van der Waals surface area contributed by atoms with Gasteiger partial charge in [-0.3, -0.25) is 9.48 Å². The molecule has 1 spiro atoms. The first-order valence-electron chi connectivity index (χ1n) is 10.7. The monoisotopic (exact) mass is 396 g/mol. The number of hydrogen-bond donors (Lipinski definition) is 0. The third kappa shape index (κ3) is 3.40. The van der Waals surface area contributed by atoms with Crippen molar-refractivity contribution in [2.45, 2.75) is 64.8 Å². The van der Waals surface area contributed by atoms with E-state index in [0.717, 1.165) is 68.2 Å². The van der Waals surface area contributed by atoms with Crippen LogP contribution in [0, 0.1) is 13.8 Å². The average molecular weight is 397 g/mol. The maximum atomic E-state index is 13.2. The Morgan fingerprint density at radius 2 is 2.07 bits per heavy atom. The predicted octanol–water partition coefficient (Wildman–Crippen LogP) is 2.42. The van der Waals surface area contributed by atoms with Gasteiger partial charge >= 0.3 is 0 Å². The van der Waals surface area contributed by atoms with Gasteiger partial charge in [0.05, 0.1) is 11.4 Å². The molecule has 156 valence electrons. The number of amides is 1. The molecule has 0 aromatic carbocycles. The SMILES string of the molecule is CCc1c(C)nn(CC(=O)N2CCCC3(CCc4cnc(N(C)C)nc43)C2)c1C. The highest BCUT2D eigenvalue weighted by molar-refractivity contribution is 5.76. The van der Waals surface area contributed by atoms with Crippen LogP contribution in [0.5, 0.6) is 0 Å². The van der Waals surface area contributed by atoms with E-state index in [0.29, 0.717) is 6.54 Å². The molecule has 1 aliphatic heterocycles. The second-order valence-electron chi connectivity index (χ2n) is 8.80. The summed E-state index contributed by atoms with van der Waals surface area (Å²) in [4.78, 5) is 26.6. The fourth-order valence-electron chi connectivity index (χ4n) is 5.12. The van der Waals surface area contributed by atoms with E-state index >= 15 is 0 Å². The number of aryl methyl sites for hydroxylation is 2. The van der Waals surface area contributed by atoms with Crippen LogP contribution in [0.1, 0.15) is 54.4 Å². The lowest BCUT2D eigenvalue weighted by atomic mass is 9.77. The normalized spacial score (nSPS) is 20.9. The number of hydrogen-bond acceptors (Lipinski definition) is 5. The summed E-state index contributed by atoms with van der Waals surface area (Å²) < 4.78 is 1.88. The van der Waals surface area contributed by atoms with E-state index in [4.69, 9.17) is 4.98 Å². The largest absolute Gasteiger partial charge is 0.347 e. The summed E-state index contributed by atoms with van der Waals surface area (Å²) in [6.07, 6.45) is 7.09. The van der Waals surface area contributed by atoms with Crippen LogP contribution in [0.25, 0.3) is 0 Å². The second kappa shape index (κ2) is 7.43. The fourth-order valence-corrected chi connectivity index (χ4v) is 5.12. The van der Waals surface area contributed by atoms with E-state index in [2.05, 4.69) is 23.9 Å². The maximum absolute atomic E-state index is 13.2. The summed E-state index contributed by atoms with van der Waals surface area (Å²) in [5.74, 6) is 0.913. The Labute approximate surface area is 173 Å². The highest BCUT2D eigenvalue weighted by atomic mass is 16.2. The van der Waals surface area contributed by atoms with Gasteiger partial charge in [0.15, 0.2) is 0 Å². The van der Waals surface area contributed by atoms with Crippen molar-refractivity contribution in [2.75, 3.05) is 32.1 Å². The van der Waals surface area contributed by atoms with Crippen molar-refractivity contribution < 1.29 is 4.79 Å². The van der Waals surface area contributed by atoms with Gasteiger partial charge in [-0.1, -0.05) is 6.92 Å². The number of rotatable bonds is 4. The Kier molecular flexibility index (Phi) is 5.09. The number of carbonyl (C=O) groups is 1.